The number of anilines is 2. The molecule has 0 saturated carbocycles. The zero-order valence-electron chi connectivity index (χ0n) is 15.3. The average Bonchev–Trinajstić information content (AvgIpc) is 2.45. The Kier molecular flexibility index (Phi) is 4.92. The molecule has 0 spiro atoms. The maximum Gasteiger partial charge on any atom is 0.276 e. The SMILES string of the molecule is CC(C)(C)Nc1ccc(C(=O)Nc2ccccc2C(C)(C)C)nn1. The fourth-order valence-electron chi connectivity index (χ4n) is 2.34. The first-order chi connectivity index (χ1) is 11.1. The van der Waals surface area contributed by atoms with E-state index in [-0.39, 0.29) is 22.6 Å². The molecule has 2 aromatic rings. The molecule has 0 radical (unpaired) electrons. The van der Waals surface area contributed by atoms with Crippen molar-refractivity contribution in [3.63, 3.8) is 0 Å². The molecule has 1 amide bonds. The summed E-state index contributed by atoms with van der Waals surface area (Å²) in [5.41, 5.74) is 2.00. The topological polar surface area (TPSA) is 66.9 Å². The highest BCUT2D eigenvalue weighted by Gasteiger charge is 2.19. The zero-order chi connectivity index (χ0) is 18.0. The van der Waals surface area contributed by atoms with Crippen LogP contribution in [0.1, 0.15) is 57.6 Å². The molecule has 0 saturated heterocycles. The van der Waals surface area contributed by atoms with E-state index in [9.17, 15) is 4.79 Å². The number of carbonyl (C=O) groups excluding carboxylic acids is 1. The third-order valence-electron chi connectivity index (χ3n) is 3.38. The predicted octanol–water partition coefficient (Wildman–Crippen LogP) is 4.24. The van der Waals surface area contributed by atoms with Crippen LogP contribution in [0.5, 0.6) is 0 Å². The third-order valence-corrected chi connectivity index (χ3v) is 3.38. The number of aromatic nitrogens is 2. The van der Waals surface area contributed by atoms with Gasteiger partial charge in [0.15, 0.2) is 5.69 Å². The summed E-state index contributed by atoms with van der Waals surface area (Å²) in [7, 11) is 0. The predicted molar refractivity (Wildman–Crippen MR) is 98.5 cm³/mol. The van der Waals surface area contributed by atoms with Crippen LogP contribution in [0.2, 0.25) is 0 Å². The molecule has 0 unspecified atom stereocenters. The molecule has 0 aliphatic heterocycles. The van der Waals surface area contributed by atoms with Crippen LogP contribution in [0.4, 0.5) is 11.5 Å². The van der Waals surface area contributed by atoms with E-state index in [0.29, 0.717) is 5.82 Å². The molecule has 0 atom stereocenters. The first kappa shape index (κ1) is 17.9. The Morgan fingerprint density at radius 3 is 2.12 bits per heavy atom. The minimum Gasteiger partial charge on any atom is -0.364 e. The summed E-state index contributed by atoms with van der Waals surface area (Å²) in [5.74, 6) is 0.385. The van der Waals surface area contributed by atoms with Crippen LogP contribution < -0.4 is 10.6 Å². The van der Waals surface area contributed by atoms with Gasteiger partial charge in [-0.25, -0.2) is 0 Å². The van der Waals surface area contributed by atoms with Crippen LogP contribution >= 0.6 is 0 Å². The summed E-state index contributed by atoms with van der Waals surface area (Å²) in [5, 5.41) is 14.3. The second kappa shape index (κ2) is 6.59. The van der Waals surface area contributed by atoms with Gasteiger partial charge in [-0.2, -0.15) is 0 Å². The van der Waals surface area contributed by atoms with E-state index in [0.717, 1.165) is 11.3 Å². The number of carbonyl (C=O) groups is 1. The molecular weight excluding hydrogens is 300 g/mol. The van der Waals surface area contributed by atoms with Crippen molar-refractivity contribution in [2.45, 2.75) is 52.5 Å². The molecule has 128 valence electrons. The lowest BCUT2D eigenvalue weighted by Crippen LogP contribution is -2.27. The number of amides is 1. The van der Waals surface area contributed by atoms with Gasteiger partial charge >= 0.3 is 0 Å². The molecule has 5 nitrogen and oxygen atoms in total. The van der Waals surface area contributed by atoms with Gasteiger partial charge in [0.05, 0.1) is 0 Å². The average molecular weight is 326 g/mol. The molecule has 1 aromatic carbocycles. The third kappa shape index (κ3) is 4.78. The molecule has 1 heterocycles. The van der Waals surface area contributed by atoms with Crippen molar-refractivity contribution in [3.8, 4) is 0 Å². The van der Waals surface area contributed by atoms with Crippen molar-refractivity contribution in [1.82, 2.24) is 10.2 Å². The maximum absolute atomic E-state index is 12.5. The second-order valence-electron chi connectivity index (χ2n) is 7.93. The molecule has 2 rings (SSSR count). The molecule has 0 fully saturated rings. The van der Waals surface area contributed by atoms with E-state index in [4.69, 9.17) is 0 Å². The second-order valence-corrected chi connectivity index (χ2v) is 7.93. The summed E-state index contributed by atoms with van der Waals surface area (Å²) in [6.07, 6.45) is 0. The summed E-state index contributed by atoms with van der Waals surface area (Å²) in [6.45, 7) is 12.5. The standard InChI is InChI=1S/C19H26N4O/c1-18(2,3)13-9-7-8-10-14(13)20-17(24)15-11-12-16(23-22-15)21-19(4,5)6/h7-12H,1-6H3,(H,20,24)(H,21,23). The van der Waals surface area contributed by atoms with Crippen LogP contribution in [-0.4, -0.2) is 21.6 Å². The van der Waals surface area contributed by atoms with Gasteiger partial charge < -0.3 is 10.6 Å². The van der Waals surface area contributed by atoms with Gasteiger partial charge in [-0.1, -0.05) is 39.0 Å². The van der Waals surface area contributed by atoms with Crippen molar-refractivity contribution < 1.29 is 4.79 Å². The maximum atomic E-state index is 12.5. The van der Waals surface area contributed by atoms with Crippen LogP contribution in [0, 0.1) is 0 Å². The Morgan fingerprint density at radius 1 is 0.917 bits per heavy atom. The number of hydrogen-bond acceptors (Lipinski definition) is 4. The highest BCUT2D eigenvalue weighted by atomic mass is 16.1. The molecule has 0 bridgehead atoms. The fourth-order valence-corrected chi connectivity index (χ4v) is 2.34. The highest BCUT2D eigenvalue weighted by Crippen LogP contribution is 2.29. The number of hydrogen-bond donors (Lipinski definition) is 2. The Labute approximate surface area is 143 Å². The summed E-state index contributed by atoms with van der Waals surface area (Å²) < 4.78 is 0. The Hall–Kier alpha value is -2.43. The number of rotatable bonds is 3. The Balaban J connectivity index is 2.17. The highest BCUT2D eigenvalue weighted by molar-refractivity contribution is 6.03. The number of benzene rings is 1. The van der Waals surface area contributed by atoms with E-state index in [1.165, 1.54) is 0 Å². The molecule has 5 heteroatoms. The molecule has 0 aliphatic carbocycles. The van der Waals surface area contributed by atoms with Crippen LogP contribution in [-0.2, 0) is 5.41 Å². The monoisotopic (exact) mass is 326 g/mol. The summed E-state index contributed by atoms with van der Waals surface area (Å²) in [4.78, 5) is 12.5. The number of nitrogens with zero attached hydrogens (tertiary/aromatic N) is 2. The molecule has 0 aliphatic rings. The van der Waals surface area contributed by atoms with Crippen molar-refractivity contribution in [2.75, 3.05) is 10.6 Å². The van der Waals surface area contributed by atoms with E-state index >= 15 is 0 Å². The first-order valence-electron chi connectivity index (χ1n) is 8.09. The van der Waals surface area contributed by atoms with Gasteiger partial charge in [-0.15, -0.1) is 10.2 Å². The van der Waals surface area contributed by atoms with E-state index in [1.807, 2.05) is 45.0 Å². The Morgan fingerprint density at radius 2 is 1.58 bits per heavy atom. The lowest BCUT2D eigenvalue weighted by Gasteiger charge is -2.23. The van der Waals surface area contributed by atoms with E-state index < -0.39 is 0 Å². The number of nitrogens with one attached hydrogen (secondary N) is 2. The van der Waals surface area contributed by atoms with Gasteiger partial charge in [-0.3, -0.25) is 4.79 Å². The minimum absolute atomic E-state index is 0.0595. The van der Waals surface area contributed by atoms with E-state index in [1.54, 1.807) is 12.1 Å². The van der Waals surface area contributed by atoms with Gasteiger partial charge in [0.1, 0.15) is 5.82 Å². The van der Waals surface area contributed by atoms with Crippen molar-refractivity contribution in [3.05, 3.63) is 47.7 Å². The van der Waals surface area contributed by atoms with Crippen molar-refractivity contribution in [2.24, 2.45) is 0 Å². The normalized spacial score (nSPS) is 11.9. The lowest BCUT2D eigenvalue weighted by atomic mass is 9.86. The van der Waals surface area contributed by atoms with Crippen LogP contribution in [0.25, 0.3) is 0 Å². The summed E-state index contributed by atoms with van der Waals surface area (Å²) >= 11 is 0. The lowest BCUT2D eigenvalue weighted by molar-refractivity contribution is 0.102. The molecule has 24 heavy (non-hydrogen) atoms. The smallest absolute Gasteiger partial charge is 0.276 e. The first-order valence-corrected chi connectivity index (χ1v) is 8.09. The minimum atomic E-state index is -0.262. The van der Waals surface area contributed by atoms with Gasteiger partial charge in [0, 0.05) is 11.2 Å². The molecule has 2 N–H and O–H groups in total. The Bertz CT molecular complexity index is 709. The summed E-state index contributed by atoms with van der Waals surface area (Å²) in [6, 6.07) is 11.3. The quantitative estimate of drug-likeness (QED) is 0.885. The zero-order valence-corrected chi connectivity index (χ0v) is 15.3. The van der Waals surface area contributed by atoms with E-state index in [2.05, 4.69) is 41.6 Å². The fraction of sp³-hybridized carbons (Fsp3) is 0.421. The van der Waals surface area contributed by atoms with Gasteiger partial charge in [0.2, 0.25) is 0 Å². The van der Waals surface area contributed by atoms with Crippen LogP contribution in [0.3, 0.4) is 0 Å². The van der Waals surface area contributed by atoms with Crippen LogP contribution in [0.15, 0.2) is 36.4 Å². The molecule has 1 aromatic heterocycles. The number of para-hydroxylation sites is 1. The van der Waals surface area contributed by atoms with Gasteiger partial charge in [-0.05, 0) is 49.9 Å². The van der Waals surface area contributed by atoms with Crippen molar-refractivity contribution >= 4 is 17.4 Å². The molecular formula is C19H26N4O. The van der Waals surface area contributed by atoms with Gasteiger partial charge in [0.25, 0.3) is 5.91 Å². The largest absolute Gasteiger partial charge is 0.364 e. The van der Waals surface area contributed by atoms with Crippen molar-refractivity contribution in [1.29, 1.82) is 0 Å².